The number of carbonyl (C=O) groups is 1. The van der Waals surface area contributed by atoms with Crippen molar-refractivity contribution in [3.05, 3.63) is 95.2 Å². The molecule has 4 rings (SSSR count). The van der Waals surface area contributed by atoms with Crippen LogP contribution >= 0.6 is 0 Å². The lowest BCUT2D eigenvalue weighted by molar-refractivity contribution is 0.0694. The van der Waals surface area contributed by atoms with E-state index in [9.17, 15) is 18.7 Å². The van der Waals surface area contributed by atoms with Crippen LogP contribution in [-0.2, 0) is 6.54 Å². The topological polar surface area (TPSA) is 108 Å². The average Bonchev–Trinajstić information content (AvgIpc) is 2.82. The highest BCUT2D eigenvalue weighted by Gasteiger charge is 2.19. The summed E-state index contributed by atoms with van der Waals surface area (Å²) >= 11 is 0. The summed E-state index contributed by atoms with van der Waals surface area (Å²) in [5.41, 5.74) is 8.18. The van der Waals surface area contributed by atoms with Crippen molar-refractivity contribution in [2.75, 3.05) is 0 Å². The fourth-order valence-electron chi connectivity index (χ4n) is 3.16. The van der Waals surface area contributed by atoms with Crippen molar-refractivity contribution < 1.29 is 28.2 Å². The Morgan fingerprint density at radius 2 is 1.68 bits per heavy atom. The monoisotopic (exact) mass is 463 g/mol. The zero-order chi connectivity index (χ0) is 24.2. The lowest BCUT2D eigenvalue weighted by Crippen LogP contribution is -2.03. The van der Waals surface area contributed by atoms with E-state index in [4.69, 9.17) is 15.2 Å². The fraction of sp³-hybridized carbons (Fsp3) is 0.0800. The number of nitrogens with zero attached hydrogens (tertiary/aromatic N) is 2. The van der Waals surface area contributed by atoms with E-state index in [2.05, 4.69) is 9.97 Å². The molecule has 4 aromatic rings. The number of ether oxygens (including phenoxy) is 2. The van der Waals surface area contributed by atoms with Gasteiger partial charge in [0.1, 0.15) is 17.1 Å². The zero-order valence-electron chi connectivity index (χ0n) is 18.0. The molecule has 7 nitrogen and oxygen atoms in total. The number of hydrogen-bond donors (Lipinski definition) is 2. The number of nitrogens with two attached hydrogens (primary N) is 1. The summed E-state index contributed by atoms with van der Waals surface area (Å²) in [6.45, 7) is 1.99. The highest BCUT2D eigenvalue weighted by atomic mass is 19.1. The Labute approximate surface area is 193 Å². The van der Waals surface area contributed by atoms with E-state index >= 15 is 0 Å². The number of benzene rings is 2. The molecule has 0 aliphatic rings. The van der Waals surface area contributed by atoms with Gasteiger partial charge in [0, 0.05) is 18.2 Å². The van der Waals surface area contributed by atoms with Gasteiger partial charge in [-0.05, 0) is 48.9 Å². The third-order valence-electron chi connectivity index (χ3n) is 4.80. The van der Waals surface area contributed by atoms with Gasteiger partial charge in [0.15, 0.2) is 11.6 Å². The van der Waals surface area contributed by atoms with Crippen molar-refractivity contribution in [3.8, 4) is 34.5 Å². The number of halogens is 2. The standard InChI is InChI=1S/C25H19F2N3O4/c1-14-8-9-18(25(31)32)22(10-14)34-24-20(27)12-19(26)23(30-24)33-17-6-2-4-15(11-17)21-7-3-5-16(13-28)29-21/h2-12H,13,28H2,1H3,(H,31,32). The number of carboxylic acids is 1. The highest BCUT2D eigenvalue weighted by Crippen LogP contribution is 2.32. The van der Waals surface area contributed by atoms with Gasteiger partial charge in [0.25, 0.3) is 11.8 Å². The summed E-state index contributed by atoms with van der Waals surface area (Å²) < 4.78 is 39.8. The number of rotatable bonds is 7. The van der Waals surface area contributed by atoms with Crippen LogP contribution in [0.3, 0.4) is 0 Å². The number of aryl methyl sites for hydroxylation is 1. The SMILES string of the molecule is Cc1ccc(C(=O)O)c(Oc2nc(Oc3cccc(-c4cccc(CN)n4)c3)c(F)cc2F)c1. The molecule has 0 amide bonds. The molecule has 2 heterocycles. The van der Waals surface area contributed by atoms with E-state index in [1.54, 1.807) is 49.4 Å². The molecule has 0 aliphatic carbocycles. The molecule has 0 atom stereocenters. The van der Waals surface area contributed by atoms with Gasteiger partial charge in [-0.1, -0.05) is 24.3 Å². The van der Waals surface area contributed by atoms with Crippen LogP contribution in [0.1, 0.15) is 21.6 Å². The summed E-state index contributed by atoms with van der Waals surface area (Å²) in [5, 5.41) is 9.36. The zero-order valence-corrected chi connectivity index (χ0v) is 18.0. The fourth-order valence-corrected chi connectivity index (χ4v) is 3.16. The van der Waals surface area contributed by atoms with Gasteiger partial charge in [0.2, 0.25) is 0 Å². The molecule has 3 N–H and O–H groups in total. The molecular weight excluding hydrogens is 444 g/mol. The Morgan fingerprint density at radius 1 is 0.941 bits per heavy atom. The Morgan fingerprint density at radius 3 is 2.41 bits per heavy atom. The van der Waals surface area contributed by atoms with Crippen LogP contribution in [0.5, 0.6) is 23.3 Å². The maximum Gasteiger partial charge on any atom is 0.339 e. The van der Waals surface area contributed by atoms with Crippen LogP contribution in [0, 0.1) is 18.6 Å². The third-order valence-corrected chi connectivity index (χ3v) is 4.80. The lowest BCUT2D eigenvalue weighted by atomic mass is 10.1. The number of pyridine rings is 2. The number of aromatic carboxylic acids is 1. The van der Waals surface area contributed by atoms with Crippen LogP contribution in [0.2, 0.25) is 0 Å². The molecule has 172 valence electrons. The van der Waals surface area contributed by atoms with Crippen molar-refractivity contribution in [2.45, 2.75) is 13.5 Å². The van der Waals surface area contributed by atoms with E-state index in [-0.39, 0.29) is 23.6 Å². The molecule has 0 saturated heterocycles. The van der Waals surface area contributed by atoms with Gasteiger partial charge in [-0.15, -0.1) is 0 Å². The van der Waals surface area contributed by atoms with E-state index in [1.807, 2.05) is 6.07 Å². The minimum absolute atomic E-state index is 0.135. The molecule has 2 aromatic heterocycles. The van der Waals surface area contributed by atoms with Crippen molar-refractivity contribution in [3.63, 3.8) is 0 Å². The second-order valence-corrected chi connectivity index (χ2v) is 7.32. The van der Waals surface area contributed by atoms with Gasteiger partial charge < -0.3 is 20.3 Å². The Bertz CT molecular complexity index is 1380. The van der Waals surface area contributed by atoms with E-state index in [1.165, 1.54) is 12.1 Å². The molecule has 0 bridgehead atoms. The minimum atomic E-state index is -1.27. The maximum absolute atomic E-state index is 14.4. The lowest BCUT2D eigenvalue weighted by Gasteiger charge is -2.12. The molecule has 0 aliphatic heterocycles. The van der Waals surface area contributed by atoms with Crippen molar-refractivity contribution >= 4 is 5.97 Å². The predicted octanol–water partition coefficient (Wildman–Crippen LogP) is 5.47. The molecule has 0 fully saturated rings. The number of hydrogen-bond acceptors (Lipinski definition) is 6. The van der Waals surface area contributed by atoms with Crippen LogP contribution < -0.4 is 15.2 Å². The van der Waals surface area contributed by atoms with Gasteiger partial charge in [-0.25, -0.2) is 13.6 Å². The smallest absolute Gasteiger partial charge is 0.339 e. The van der Waals surface area contributed by atoms with E-state index in [0.717, 1.165) is 0 Å². The summed E-state index contributed by atoms with van der Waals surface area (Å²) in [5.74, 6) is -4.51. The van der Waals surface area contributed by atoms with Crippen molar-refractivity contribution in [2.24, 2.45) is 5.73 Å². The molecule has 9 heteroatoms. The first kappa shape index (κ1) is 22.8. The third kappa shape index (κ3) is 5.00. The summed E-state index contributed by atoms with van der Waals surface area (Å²) in [6, 6.07) is 17.0. The average molecular weight is 463 g/mol. The molecule has 34 heavy (non-hydrogen) atoms. The molecule has 0 spiro atoms. The highest BCUT2D eigenvalue weighted by molar-refractivity contribution is 5.91. The molecule has 0 unspecified atom stereocenters. The predicted molar refractivity (Wildman–Crippen MR) is 120 cm³/mol. The maximum atomic E-state index is 14.4. The normalized spacial score (nSPS) is 10.7. The van der Waals surface area contributed by atoms with Gasteiger partial charge >= 0.3 is 5.97 Å². The largest absolute Gasteiger partial charge is 0.478 e. The number of carboxylic acid groups (broad SMARTS) is 1. The van der Waals surface area contributed by atoms with E-state index in [0.29, 0.717) is 28.6 Å². The molecular formula is C25H19F2N3O4. The Kier molecular flexibility index (Phi) is 6.46. The number of aromatic nitrogens is 2. The van der Waals surface area contributed by atoms with Crippen LogP contribution in [0.4, 0.5) is 8.78 Å². The summed E-state index contributed by atoms with van der Waals surface area (Å²) in [4.78, 5) is 19.7. The first-order valence-corrected chi connectivity index (χ1v) is 10.2. The van der Waals surface area contributed by atoms with Crippen LogP contribution in [-0.4, -0.2) is 21.0 Å². The quantitative estimate of drug-likeness (QED) is 0.374. The molecule has 0 saturated carbocycles. The van der Waals surface area contributed by atoms with Crippen molar-refractivity contribution in [1.82, 2.24) is 9.97 Å². The van der Waals surface area contributed by atoms with Crippen molar-refractivity contribution in [1.29, 1.82) is 0 Å². The molecule has 0 radical (unpaired) electrons. The second-order valence-electron chi connectivity index (χ2n) is 7.32. The molecule has 2 aromatic carbocycles. The summed E-state index contributed by atoms with van der Waals surface area (Å²) in [6.07, 6.45) is 0. The van der Waals surface area contributed by atoms with E-state index < -0.39 is 29.4 Å². The second kappa shape index (κ2) is 9.63. The summed E-state index contributed by atoms with van der Waals surface area (Å²) in [7, 11) is 0. The van der Waals surface area contributed by atoms with Gasteiger partial charge in [0.05, 0.1) is 11.4 Å². The van der Waals surface area contributed by atoms with Gasteiger partial charge in [-0.3, -0.25) is 4.98 Å². The Balaban J connectivity index is 1.65. The first-order chi connectivity index (χ1) is 16.3. The minimum Gasteiger partial charge on any atom is -0.478 e. The van der Waals surface area contributed by atoms with Gasteiger partial charge in [-0.2, -0.15) is 4.98 Å². The first-order valence-electron chi connectivity index (χ1n) is 10.2. The van der Waals surface area contributed by atoms with Crippen LogP contribution in [0.25, 0.3) is 11.3 Å². The van der Waals surface area contributed by atoms with Crippen LogP contribution in [0.15, 0.2) is 66.7 Å². The Hall–Kier alpha value is -4.37.